The van der Waals surface area contributed by atoms with E-state index < -0.39 is 0 Å². The van der Waals surface area contributed by atoms with Crippen LogP contribution in [0.1, 0.15) is 11.5 Å². The number of nitriles is 1. The summed E-state index contributed by atoms with van der Waals surface area (Å²) in [6.07, 6.45) is 5.46. The summed E-state index contributed by atoms with van der Waals surface area (Å²) in [6.45, 7) is 0. The standard InChI is InChI=1S/C18H12N2O/c19-13-15(10-6-9-14-7-2-1-3-8-14)18-20-16-11-4-5-12-17(16)21-18/h1-12H. The van der Waals surface area contributed by atoms with Crippen molar-refractivity contribution in [2.75, 3.05) is 0 Å². The first-order valence-electron chi connectivity index (χ1n) is 6.56. The molecule has 0 amide bonds. The van der Waals surface area contributed by atoms with Crippen molar-refractivity contribution in [2.24, 2.45) is 0 Å². The molecular weight excluding hydrogens is 260 g/mol. The second-order valence-electron chi connectivity index (χ2n) is 4.45. The van der Waals surface area contributed by atoms with Gasteiger partial charge in [-0.05, 0) is 23.8 Å². The molecule has 0 N–H and O–H groups in total. The van der Waals surface area contributed by atoms with Gasteiger partial charge < -0.3 is 4.42 Å². The Kier molecular flexibility index (Phi) is 3.62. The molecule has 0 aliphatic carbocycles. The number of benzene rings is 2. The molecule has 21 heavy (non-hydrogen) atoms. The molecule has 0 radical (unpaired) electrons. The summed E-state index contributed by atoms with van der Waals surface area (Å²) in [5.74, 6) is 0.344. The average Bonchev–Trinajstić information content (AvgIpc) is 2.96. The monoisotopic (exact) mass is 272 g/mol. The Morgan fingerprint density at radius 3 is 2.57 bits per heavy atom. The SMILES string of the molecule is N#CC(=CC=Cc1ccccc1)c1nc2ccccc2o1. The summed E-state index contributed by atoms with van der Waals surface area (Å²) in [7, 11) is 0. The number of fused-ring (bicyclic) bond motifs is 1. The van der Waals surface area contributed by atoms with Crippen molar-refractivity contribution in [3.8, 4) is 6.07 Å². The predicted octanol–water partition coefficient (Wildman–Crippen LogP) is 4.45. The van der Waals surface area contributed by atoms with Crippen molar-refractivity contribution < 1.29 is 4.42 Å². The third-order valence-corrected chi connectivity index (χ3v) is 3.00. The molecule has 0 bridgehead atoms. The molecule has 0 unspecified atom stereocenters. The molecule has 0 saturated heterocycles. The molecule has 0 saturated carbocycles. The van der Waals surface area contributed by atoms with Gasteiger partial charge in [0.25, 0.3) is 0 Å². The van der Waals surface area contributed by atoms with E-state index in [9.17, 15) is 5.26 Å². The van der Waals surface area contributed by atoms with E-state index in [0.29, 0.717) is 17.0 Å². The van der Waals surface area contributed by atoms with Crippen LogP contribution in [0.3, 0.4) is 0 Å². The maximum absolute atomic E-state index is 9.25. The van der Waals surface area contributed by atoms with E-state index in [4.69, 9.17) is 4.42 Å². The summed E-state index contributed by atoms with van der Waals surface area (Å²) in [5, 5.41) is 9.25. The Bertz CT molecular complexity index is 819. The van der Waals surface area contributed by atoms with Gasteiger partial charge in [0.2, 0.25) is 5.89 Å². The van der Waals surface area contributed by atoms with Gasteiger partial charge in [-0.25, -0.2) is 4.98 Å². The van der Waals surface area contributed by atoms with Crippen molar-refractivity contribution in [2.45, 2.75) is 0 Å². The van der Waals surface area contributed by atoms with Gasteiger partial charge in [0, 0.05) is 0 Å². The van der Waals surface area contributed by atoms with Crippen LogP contribution in [0.25, 0.3) is 22.7 Å². The van der Waals surface area contributed by atoms with Crippen LogP contribution in [0.2, 0.25) is 0 Å². The predicted molar refractivity (Wildman–Crippen MR) is 83.1 cm³/mol. The number of hydrogen-bond donors (Lipinski definition) is 0. The zero-order valence-corrected chi connectivity index (χ0v) is 11.2. The van der Waals surface area contributed by atoms with Crippen molar-refractivity contribution >= 4 is 22.7 Å². The quantitative estimate of drug-likeness (QED) is 0.523. The van der Waals surface area contributed by atoms with Crippen LogP contribution < -0.4 is 0 Å². The van der Waals surface area contributed by atoms with Crippen molar-refractivity contribution in [3.05, 3.63) is 78.2 Å². The molecule has 3 heteroatoms. The molecule has 0 aliphatic rings. The largest absolute Gasteiger partial charge is 0.435 e. The van der Waals surface area contributed by atoms with E-state index in [1.165, 1.54) is 0 Å². The minimum absolute atomic E-state index is 0.344. The van der Waals surface area contributed by atoms with Crippen LogP contribution in [-0.4, -0.2) is 4.98 Å². The molecule has 0 atom stereocenters. The lowest BCUT2D eigenvalue weighted by atomic mass is 10.2. The molecule has 3 nitrogen and oxygen atoms in total. The molecule has 1 aromatic heterocycles. The van der Waals surface area contributed by atoms with E-state index >= 15 is 0 Å². The number of nitrogens with zero attached hydrogens (tertiary/aromatic N) is 2. The Morgan fingerprint density at radius 1 is 1.05 bits per heavy atom. The third kappa shape index (κ3) is 2.90. The lowest BCUT2D eigenvalue weighted by Crippen LogP contribution is -1.79. The second-order valence-corrected chi connectivity index (χ2v) is 4.45. The molecule has 1 heterocycles. The van der Waals surface area contributed by atoms with E-state index in [-0.39, 0.29) is 0 Å². The number of allylic oxidation sites excluding steroid dienone is 3. The molecule has 100 valence electrons. The van der Waals surface area contributed by atoms with Crippen molar-refractivity contribution in [1.29, 1.82) is 5.26 Å². The van der Waals surface area contributed by atoms with Crippen LogP contribution >= 0.6 is 0 Å². The highest BCUT2D eigenvalue weighted by atomic mass is 16.3. The maximum Gasteiger partial charge on any atom is 0.238 e. The third-order valence-electron chi connectivity index (χ3n) is 3.00. The molecule has 2 aromatic carbocycles. The number of para-hydroxylation sites is 2. The Morgan fingerprint density at radius 2 is 1.81 bits per heavy atom. The van der Waals surface area contributed by atoms with Crippen LogP contribution in [0.5, 0.6) is 0 Å². The van der Waals surface area contributed by atoms with Gasteiger partial charge >= 0.3 is 0 Å². The lowest BCUT2D eigenvalue weighted by Gasteiger charge is -1.90. The Hall–Kier alpha value is -3.12. The van der Waals surface area contributed by atoms with E-state index in [1.54, 1.807) is 6.08 Å². The van der Waals surface area contributed by atoms with Crippen LogP contribution in [0.15, 0.2) is 71.2 Å². The number of rotatable bonds is 3. The zero-order chi connectivity index (χ0) is 14.5. The first-order valence-corrected chi connectivity index (χ1v) is 6.56. The normalized spacial score (nSPS) is 11.9. The van der Waals surface area contributed by atoms with Gasteiger partial charge in [-0.15, -0.1) is 0 Å². The van der Waals surface area contributed by atoms with E-state index in [0.717, 1.165) is 11.1 Å². The van der Waals surface area contributed by atoms with Crippen LogP contribution in [-0.2, 0) is 0 Å². The lowest BCUT2D eigenvalue weighted by molar-refractivity contribution is 0.586. The molecule has 0 fully saturated rings. The first-order chi connectivity index (χ1) is 10.4. The maximum atomic E-state index is 9.25. The molecular formula is C18H12N2O. The highest BCUT2D eigenvalue weighted by Crippen LogP contribution is 2.20. The number of hydrogen-bond acceptors (Lipinski definition) is 3. The van der Waals surface area contributed by atoms with Crippen molar-refractivity contribution in [3.63, 3.8) is 0 Å². The zero-order valence-electron chi connectivity index (χ0n) is 11.2. The summed E-state index contributed by atoms with van der Waals surface area (Å²) in [6, 6.07) is 19.5. The topological polar surface area (TPSA) is 49.8 Å². The first kappa shape index (κ1) is 12.9. The van der Waals surface area contributed by atoms with Crippen LogP contribution in [0, 0.1) is 11.3 Å². The van der Waals surface area contributed by atoms with Gasteiger partial charge in [-0.1, -0.05) is 54.6 Å². The molecule has 0 aliphatic heterocycles. The highest BCUT2D eigenvalue weighted by Gasteiger charge is 2.08. The second kappa shape index (κ2) is 5.89. The smallest absolute Gasteiger partial charge is 0.238 e. The van der Waals surface area contributed by atoms with Gasteiger partial charge in [0.15, 0.2) is 5.58 Å². The van der Waals surface area contributed by atoms with Gasteiger partial charge in [0.1, 0.15) is 17.2 Å². The fraction of sp³-hybridized carbons (Fsp3) is 0. The van der Waals surface area contributed by atoms with Crippen LogP contribution in [0.4, 0.5) is 0 Å². The number of oxazole rings is 1. The fourth-order valence-electron chi connectivity index (χ4n) is 1.96. The average molecular weight is 272 g/mol. The minimum atomic E-state index is 0.344. The summed E-state index contributed by atoms with van der Waals surface area (Å²) < 4.78 is 5.59. The summed E-state index contributed by atoms with van der Waals surface area (Å²) >= 11 is 0. The molecule has 3 aromatic rings. The minimum Gasteiger partial charge on any atom is -0.435 e. The Labute approximate surface area is 122 Å². The van der Waals surface area contributed by atoms with Gasteiger partial charge in [-0.2, -0.15) is 5.26 Å². The molecule has 3 rings (SSSR count). The summed E-state index contributed by atoms with van der Waals surface area (Å²) in [4.78, 5) is 4.32. The van der Waals surface area contributed by atoms with E-state index in [2.05, 4.69) is 11.1 Å². The van der Waals surface area contributed by atoms with E-state index in [1.807, 2.05) is 66.7 Å². The molecule has 0 spiro atoms. The summed E-state index contributed by atoms with van der Waals surface area (Å²) in [5.41, 5.74) is 2.91. The van der Waals surface area contributed by atoms with Gasteiger partial charge in [0.05, 0.1) is 0 Å². The highest BCUT2D eigenvalue weighted by molar-refractivity contribution is 5.80. The van der Waals surface area contributed by atoms with Crippen molar-refractivity contribution in [1.82, 2.24) is 4.98 Å². The van der Waals surface area contributed by atoms with Gasteiger partial charge in [-0.3, -0.25) is 0 Å². The fourth-order valence-corrected chi connectivity index (χ4v) is 1.96. The number of aromatic nitrogens is 1. The Balaban J connectivity index is 1.89.